The van der Waals surface area contributed by atoms with Crippen molar-refractivity contribution in [3.63, 3.8) is 0 Å². The van der Waals surface area contributed by atoms with E-state index in [1.807, 2.05) is 57.2 Å². The maximum atomic E-state index is 15.0. The van der Waals surface area contributed by atoms with Crippen LogP contribution in [0.3, 0.4) is 0 Å². The molecule has 0 amide bonds. The summed E-state index contributed by atoms with van der Waals surface area (Å²) in [4.78, 5) is 19.4. The second kappa shape index (κ2) is 13.0. The summed E-state index contributed by atoms with van der Waals surface area (Å²) < 4.78 is 8.13. The van der Waals surface area contributed by atoms with Gasteiger partial charge in [0.15, 0.2) is 0 Å². The van der Waals surface area contributed by atoms with Gasteiger partial charge in [0.25, 0.3) is 0 Å². The average molecular weight is 706 g/mol. The van der Waals surface area contributed by atoms with Gasteiger partial charge in [-0.15, -0.1) is 0 Å². The van der Waals surface area contributed by atoms with E-state index in [1.54, 1.807) is 4.57 Å². The molecule has 5 nitrogen and oxygen atoms in total. The van der Waals surface area contributed by atoms with Crippen molar-refractivity contribution in [2.24, 2.45) is 0 Å². The predicted molar refractivity (Wildman–Crippen MR) is 221 cm³/mol. The first-order valence-electron chi connectivity index (χ1n) is 18.7. The number of carbonyl (C=O) groups excluding carboxylic acids is 1. The summed E-state index contributed by atoms with van der Waals surface area (Å²) in [5.41, 5.74) is 15.4. The van der Waals surface area contributed by atoms with Gasteiger partial charge < -0.3 is 4.74 Å². The molecule has 0 aliphatic heterocycles. The highest BCUT2D eigenvalue weighted by atomic mass is 16.6. The van der Waals surface area contributed by atoms with Gasteiger partial charge in [-0.3, -0.25) is 9.80 Å². The maximum absolute atomic E-state index is 15.0. The molecule has 0 bridgehead atoms. The molecule has 266 valence electrons. The molecule has 1 aromatic heterocycles. The van der Waals surface area contributed by atoms with Gasteiger partial charge in [-0.05, 0) is 152 Å². The largest absolute Gasteiger partial charge is 0.443 e. The second-order valence-corrected chi connectivity index (χ2v) is 15.4. The van der Waals surface area contributed by atoms with Gasteiger partial charge in [0.1, 0.15) is 17.2 Å². The van der Waals surface area contributed by atoms with Crippen molar-refractivity contribution in [1.29, 1.82) is 0 Å². The highest BCUT2D eigenvalue weighted by Gasteiger charge is 2.35. The summed E-state index contributed by atoms with van der Waals surface area (Å²) in [7, 11) is 0. The lowest BCUT2D eigenvalue weighted by Crippen LogP contribution is -2.31. The van der Waals surface area contributed by atoms with Gasteiger partial charge in [0, 0.05) is 22.7 Å². The summed E-state index contributed by atoms with van der Waals surface area (Å²) in [6, 6.07) is 51.4. The number of fused-ring (bicyclic) bond motifs is 6. The number of rotatable bonds is 6. The number of hydrogen-bond acceptors (Lipinski definition) is 4. The number of para-hydroxylation sites is 2. The van der Waals surface area contributed by atoms with E-state index in [0.717, 1.165) is 58.4 Å². The summed E-state index contributed by atoms with van der Waals surface area (Å²) in [5, 5.41) is 0. The summed E-state index contributed by atoms with van der Waals surface area (Å²) in [6.45, 7) is 10.0. The monoisotopic (exact) mass is 705 g/mol. The normalized spacial score (nSPS) is 12.5. The zero-order valence-electron chi connectivity index (χ0n) is 31.4. The van der Waals surface area contributed by atoms with Crippen LogP contribution in [0.1, 0.15) is 54.2 Å². The molecule has 0 saturated carbocycles. The fourth-order valence-corrected chi connectivity index (χ4v) is 8.27. The third-order valence-corrected chi connectivity index (χ3v) is 10.8. The molecule has 5 heteroatoms. The lowest BCUT2D eigenvalue weighted by Gasteiger charge is -2.31. The van der Waals surface area contributed by atoms with Crippen molar-refractivity contribution in [3.8, 4) is 22.3 Å². The first-order chi connectivity index (χ1) is 26.2. The van der Waals surface area contributed by atoms with Crippen LogP contribution in [0.4, 0.5) is 39.2 Å². The van der Waals surface area contributed by atoms with Crippen LogP contribution in [0.15, 0.2) is 146 Å². The van der Waals surface area contributed by atoms with Crippen molar-refractivity contribution in [1.82, 2.24) is 4.57 Å². The third kappa shape index (κ3) is 5.68. The van der Waals surface area contributed by atoms with Crippen LogP contribution in [0.5, 0.6) is 0 Å². The van der Waals surface area contributed by atoms with Crippen molar-refractivity contribution >= 4 is 40.5 Å². The fraction of sp³-hybridized carbons (Fsp3) is 0.163. The highest BCUT2D eigenvalue weighted by Crippen LogP contribution is 2.49. The Balaban J connectivity index is 1.29. The van der Waals surface area contributed by atoms with Gasteiger partial charge in [0.05, 0.1) is 0 Å². The molecule has 1 heterocycles. The Labute approximate surface area is 317 Å². The molecule has 0 spiro atoms. The molecular formula is C49H43N3O2. The van der Waals surface area contributed by atoms with Crippen LogP contribution in [-0.2, 0) is 17.6 Å². The van der Waals surface area contributed by atoms with Crippen molar-refractivity contribution in [2.45, 2.75) is 53.1 Å². The Morgan fingerprint density at radius 2 is 0.889 bits per heavy atom. The molecule has 0 unspecified atom stereocenters. The molecule has 9 rings (SSSR count). The number of carbonyl (C=O) groups is 1. The number of hydrogen-bond donors (Lipinski definition) is 0. The third-order valence-electron chi connectivity index (χ3n) is 10.8. The molecule has 2 aliphatic rings. The van der Waals surface area contributed by atoms with Crippen molar-refractivity contribution in [2.75, 3.05) is 9.80 Å². The van der Waals surface area contributed by atoms with E-state index in [4.69, 9.17) is 4.74 Å². The minimum atomic E-state index is -0.731. The minimum absolute atomic E-state index is 0.437. The fourth-order valence-electron chi connectivity index (χ4n) is 8.27. The van der Waals surface area contributed by atoms with Crippen LogP contribution < -0.4 is 9.80 Å². The molecule has 0 radical (unpaired) electrons. The lowest BCUT2D eigenvalue weighted by atomic mass is 10.0. The van der Waals surface area contributed by atoms with Crippen LogP contribution in [0.2, 0.25) is 0 Å². The van der Waals surface area contributed by atoms with Crippen molar-refractivity contribution < 1.29 is 9.53 Å². The van der Waals surface area contributed by atoms with Crippen LogP contribution >= 0.6 is 0 Å². The predicted octanol–water partition coefficient (Wildman–Crippen LogP) is 13.0. The van der Waals surface area contributed by atoms with Gasteiger partial charge >= 0.3 is 6.09 Å². The van der Waals surface area contributed by atoms with Gasteiger partial charge in [-0.1, -0.05) is 97.1 Å². The molecule has 7 aromatic rings. The van der Waals surface area contributed by atoms with Crippen molar-refractivity contribution in [3.05, 3.63) is 179 Å². The molecule has 54 heavy (non-hydrogen) atoms. The number of benzene rings is 6. The van der Waals surface area contributed by atoms with E-state index in [-0.39, 0.29) is 0 Å². The molecule has 6 aromatic carbocycles. The molecular weight excluding hydrogens is 663 g/mol. The summed E-state index contributed by atoms with van der Waals surface area (Å²) in [5.74, 6) is 1.49. The number of anilines is 6. The van der Waals surface area contributed by atoms with E-state index in [2.05, 4.69) is 133 Å². The number of nitrogens with zero attached hydrogens (tertiary/aromatic N) is 3. The van der Waals surface area contributed by atoms with E-state index < -0.39 is 11.7 Å². The van der Waals surface area contributed by atoms with E-state index in [9.17, 15) is 4.79 Å². The zero-order chi connectivity index (χ0) is 37.1. The average Bonchev–Trinajstić information content (AvgIpc) is 3.81. The Morgan fingerprint density at radius 3 is 1.31 bits per heavy atom. The van der Waals surface area contributed by atoms with Gasteiger partial charge in [-0.25, -0.2) is 9.36 Å². The Kier molecular flexibility index (Phi) is 8.04. The standard InChI is InChI=1S/C49H43N3O2/c1-32-33(2)47(51(39-20-10-7-11-21-39)41-25-27-45-37(31-41)29-35-17-13-15-23-43(35)45)52(48(53)54-49(3,4)5)46(32)50(38-18-8-6-9-19-38)40-24-26-44-36(30-40)28-34-16-12-14-22-42(34)44/h6-27,30-31H,28-29H2,1-5H3. The SMILES string of the molecule is Cc1c(C)c(N(c2ccccc2)c2ccc3c(c2)Cc2ccccc2-3)n(C(=O)OC(C)(C)C)c1N(c1ccccc1)c1ccc2c(c1)Cc1ccccc1-2. The zero-order valence-corrected chi connectivity index (χ0v) is 31.4. The van der Waals surface area contributed by atoms with Crippen LogP contribution in [0.25, 0.3) is 22.3 Å². The lowest BCUT2D eigenvalue weighted by molar-refractivity contribution is 0.0543. The Bertz CT molecular complexity index is 2400. The van der Waals surface area contributed by atoms with Gasteiger partial charge in [0.2, 0.25) is 0 Å². The van der Waals surface area contributed by atoms with Gasteiger partial charge in [-0.2, -0.15) is 0 Å². The minimum Gasteiger partial charge on any atom is -0.443 e. The van der Waals surface area contributed by atoms with E-state index in [1.165, 1.54) is 44.5 Å². The number of aromatic nitrogens is 1. The first kappa shape index (κ1) is 33.5. The second-order valence-electron chi connectivity index (χ2n) is 15.4. The molecule has 0 N–H and O–H groups in total. The highest BCUT2D eigenvalue weighted by molar-refractivity contribution is 5.94. The maximum Gasteiger partial charge on any atom is 0.421 e. The Morgan fingerprint density at radius 1 is 0.500 bits per heavy atom. The van der Waals surface area contributed by atoms with E-state index >= 15 is 0 Å². The molecule has 2 aliphatic carbocycles. The topological polar surface area (TPSA) is 37.7 Å². The summed E-state index contributed by atoms with van der Waals surface area (Å²) in [6.07, 6.45) is 1.29. The first-order valence-corrected chi connectivity index (χ1v) is 18.7. The van der Waals surface area contributed by atoms with E-state index in [0.29, 0.717) is 0 Å². The van der Waals surface area contributed by atoms with Crippen LogP contribution in [0, 0.1) is 13.8 Å². The quantitative estimate of drug-likeness (QED) is 0.173. The molecule has 0 atom stereocenters. The smallest absolute Gasteiger partial charge is 0.421 e. The Hall–Kier alpha value is -6.33. The summed E-state index contributed by atoms with van der Waals surface area (Å²) >= 11 is 0. The number of ether oxygens (including phenoxy) is 1. The molecule has 0 fully saturated rings. The van der Waals surface area contributed by atoms with Crippen LogP contribution in [-0.4, -0.2) is 16.3 Å². The molecule has 0 saturated heterocycles.